The molecule has 2 rings (SSSR count). The van der Waals surface area contributed by atoms with Gasteiger partial charge >= 0.3 is 0 Å². The molecule has 2 aliphatic heterocycles. The number of carbonyl (C=O) groups is 1. The largest absolute Gasteiger partial charge is 0.383 e. The number of nitrogens with one attached hydrogen (secondary N) is 1. The topological polar surface area (TPSA) is 44.8 Å². The molecule has 2 fully saturated rings. The van der Waals surface area contributed by atoms with E-state index in [-0.39, 0.29) is 0 Å². The molecule has 5 nitrogen and oxygen atoms in total. The van der Waals surface area contributed by atoms with Crippen molar-refractivity contribution in [3.8, 4) is 0 Å². The highest BCUT2D eigenvalue weighted by Crippen LogP contribution is 2.16. The summed E-state index contributed by atoms with van der Waals surface area (Å²) in [4.78, 5) is 16.9. The first-order chi connectivity index (χ1) is 9.74. The monoisotopic (exact) mass is 283 g/mol. The average molecular weight is 283 g/mol. The van der Waals surface area contributed by atoms with Crippen LogP contribution in [-0.4, -0.2) is 74.2 Å². The molecule has 0 aliphatic carbocycles. The fourth-order valence-corrected chi connectivity index (χ4v) is 3.28. The van der Waals surface area contributed by atoms with Crippen LogP contribution >= 0.6 is 0 Å². The molecule has 0 saturated carbocycles. The standard InChI is InChI=1S/C15H29N3O2/c1-3-14-12-18(8-7-17(14)9-10-20-2)15(19)11-13-5-4-6-16-13/h13-14,16H,3-12H2,1-2H3. The summed E-state index contributed by atoms with van der Waals surface area (Å²) in [6.07, 6.45) is 4.13. The van der Waals surface area contributed by atoms with Gasteiger partial charge in [-0.2, -0.15) is 0 Å². The maximum atomic E-state index is 12.4. The van der Waals surface area contributed by atoms with Gasteiger partial charge in [-0.1, -0.05) is 6.92 Å². The molecule has 116 valence electrons. The summed E-state index contributed by atoms with van der Waals surface area (Å²) < 4.78 is 5.17. The average Bonchev–Trinajstić information content (AvgIpc) is 2.97. The highest BCUT2D eigenvalue weighted by atomic mass is 16.5. The molecule has 2 aliphatic rings. The van der Waals surface area contributed by atoms with Crippen molar-refractivity contribution in [2.75, 3.05) is 46.4 Å². The van der Waals surface area contributed by atoms with Crippen molar-refractivity contribution in [1.82, 2.24) is 15.1 Å². The summed E-state index contributed by atoms with van der Waals surface area (Å²) in [5, 5.41) is 3.41. The summed E-state index contributed by atoms with van der Waals surface area (Å²) in [5.41, 5.74) is 0. The Morgan fingerprint density at radius 2 is 2.25 bits per heavy atom. The van der Waals surface area contributed by atoms with Crippen molar-refractivity contribution in [2.45, 2.75) is 44.7 Å². The fraction of sp³-hybridized carbons (Fsp3) is 0.933. The van der Waals surface area contributed by atoms with Gasteiger partial charge in [0.1, 0.15) is 0 Å². The molecule has 20 heavy (non-hydrogen) atoms. The number of ether oxygens (including phenoxy) is 1. The molecule has 1 amide bonds. The molecule has 0 aromatic rings. The van der Waals surface area contributed by atoms with E-state index in [9.17, 15) is 4.79 Å². The van der Waals surface area contributed by atoms with Crippen LogP contribution in [0, 0.1) is 0 Å². The van der Waals surface area contributed by atoms with E-state index < -0.39 is 0 Å². The minimum absolute atomic E-state index is 0.328. The van der Waals surface area contributed by atoms with Gasteiger partial charge in [0, 0.05) is 51.8 Å². The van der Waals surface area contributed by atoms with E-state index in [0.29, 0.717) is 24.4 Å². The van der Waals surface area contributed by atoms with Crippen LogP contribution in [0.15, 0.2) is 0 Å². The van der Waals surface area contributed by atoms with Crippen molar-refractivity contribution in [2.24, 2.45) is 0 Å². The fourth-order valence-electron chi connectivity index (χ4n) is 3.28. The van der Waals surface area contributed by atoms with Gasteiger partial charge in [-0.3, -0.25) is 9.69 Å². The summed E-state index contributed by atoms with van der Waals surface area (Å²) in [7, 11) is 1.75. The van der Waals surface area contributed by atoms with Gasteiger partial charge in [0.2, 0.25) is 5.91 Å². The maximum absolute atomic E-state index is 12.4. The normalized spacial score (nSPS) is 28.0. The quantitative estimate of drug-likeness (QED) is 0.779. The Labute approximate surface area is 122 Å². The lowest BCUT2D eigenvalue weighted by Crippen LogP contribution is -2.55. The number of amides is 1. The van der Waals surface area contributed by atoms with Gasteiger partial charge in [-0.15, -0.1) is 0 Å². The molecule has 0 aromatic carbocycles. The third kappa shape index (κ3) is 4.17. The second kappa shape index (κ2) is 7.96. The minimum atomic E-state index is 0.328. The van der Waals surface area contributed by atoms with Gasteiger partial charge in [0.15, 0.2) is 0 Å². The zero-order valence-corrected chi connectivity index (χ0v) is 12.9. The highest BCUT2D eigenvalue weighted by molar-refractivity contribution is 5.77. The molecule has 5 heteroatoms. The Bertz CT molecular complexity index is 305. The second-order valence-electron chi connectivity index (χ2n) is 5.93. The number of piperazine rings is 1. The van der Waals surface area contributed by atoms with Crippen LogP contribution in [0.25, 0.3) is 0 Å². The Hall–Kier alpha value is -0.650. The number of methoxy groups -OCH3 is 1. The van der Waals surface area contributed by atoms with Crippen LogP contribution in [0.3, 0.4) is 0 Å². The number of rotatable bonds is 6. The molecule has 2 unspecified atom stereocenters. The third-order valence-electron chi connectivity index (χ3n) is 4.59. The van der Waals surface area contributed by atoms with Crippen molar-refractivity contribution in [1.29, 1.82) is 0 Å². The van der Waals surface area contributed by atoms with Gasteiger partial charge in [-0.05, 0) is 25.8 Å². The van der Waals surface area contributed by atoms with Crippen molar-refractivity contribution in [3.05, 3.63) is 0 Å². The number of hydrogen-bond donors (Lipinski definition) is 1. The van der Waals surface area contributed by atoms with E-state index in [0.717, 1.165) is 52.2 Å². The lowest BCUT2D eigenvalue weighted by atomic mass is 10.1. The Morgan fingerprint density at radius 3 is 2.90 bits per heavy atom. The number of nitrogens with zero attached hydrogens (tertiary/aromatic N) is 2. The summed E-state index contributed by atoms with van der Waals surface area (Å²) >= 11 is 0. The molecule has 0 radical (unpaired) electrons. The molecule has 0 aromatic heterocycles. The molecule has 2 atom stereocenters. The maximum Gasteiger partial charge on any atom is 0.224 e. The van der Waals surface area contributed by atoms with Gasteiger partial charge in [-0.25, -0.2) is 0 Å². The first-order valence-electron chi connectivity index (χ1n) is 7.98. The second-order valence-corrected chi connectivity index (χ2v) is 5.93. The van der Waals surface area contributed by atoms with Crippen molar-refractivity contribution < 1.29 is 9.53 Å². The molecular weight excluding hydrogens is 254 g/mol. The predicted octanol–water partition coefficient (Wildman–Crippen LogP) is 0.698. The van der Waals surface area contributed by atoms with Gasteiger partial charge < -0.3 is 15.0 Å². The lowest BCUT2D eigenvalue weighted by Gasteiger charge is -2.41. The van der Waals surface area contributed by atoms with E-state index in [1.807, 2.05) is 0 Å². The molecule has 0 spiro atoms. The Morgan fingerprint density at radius 1 is 1.40 bits per heavy atom. The van der Waals surface area contributed by atoms with Gasteiger partial charge in [0.25, 0.3) is 0 Å². The lowest BCUT2D eigenvalue weighted by molar-refractivity contribution is -0.134. The van der Waals surface area contributed by atoms with Crippen LogP contribution in [0.2, 0.25) is 0 Å². The van der Waals surface area contributed by atoms with Gasteiger partial charge in [0.05, 0.1) is 6.61 Å². The zero-order chi connectivity index (χ0) is 14.4. The Kier molecular flexibility index (Phi) is 6.26. The summed E-state index contributed by atoms with van der Waals surface area (Å²) in [6.45, 7) is 7.75. The number of carbonyl (C=O) groups excluding carboxylic acids is 1. The summed E-state index contributed by atoms with van der Waals surface area (Å²) in [5.74, 6) is 0.328. The van der Waals surface area contributed by atoms with E-state index >= 15 is 0 Å². The van der Waals surface area contributed by atoms with Crippen LogP contribution in [-0.2, 0) is 9.53 Å². The third-order valence-corrected chi connectivity index (χ3v) is 4.59. The van der Waals surface area contributed by atoms with Crippen LogP contribution in [0.5, 0.6) is 0 Å². The Balaban J connectivity index is 1.80. The van der Waals surface area contributed by atoms with E-state index in [1.165, 1.54) is 6.42 Å². The van der Waals surface area contributed by atoms with Crippen LogP contribution in [0.1, 0.15) is 32.6 Å². The minimum Gasteiger partial charge on any atom is -0.383 e. The van der Waals surface area contributed by atoms with Crippen molar-refractivity contribution >= 4 is 5.91 Å². The highest BCUT2D eigenvalue weighted by Gasteiger charge is 2.29. The van der Waals surface area contributed by atoms with E-state index in [4.69, 9.17) is 4.74 Å². The van der Waals surface area contributed by atoms with Crippen LogP contribution < -0.4 is 5.32 Å². The zero-order valence-electron chi connectivity index (χ0n) is 12.9. The van der Waals surface area contributed by atoms with Crippen molar-refractivity contribution in [3.63, 3.8) is 0 Å². The molecule has 0 bridgehead atoms. The molecular formula is C15H29N3O2. The molecule has 2 heterocycles. The first-order valence-corrected chi connectivity index (χ1v) is 7.98. The smallest absolute Gasteiger partial charge is 0.224 e. The van der Waals surface area contributed by atoms with E-state index in [1.54, 1.807) is 7.11 Å². The van der Waals surface area contributed by atoms with E-state index in [2.05, 4.69) is 22.0 Å². The molecule has 2 saturated heterocycles. The SMILES string of the molecule is CCC1CN(C(=O)CC2CCCN2)CCN1CCOC. The first kappa shape index (κ1) is 15.7. The number of hydrogen-bond acceptors (Lipinski definition) is 4. The predicted molar refractivity (Wildman–Crippen MR) is 79.7 cm³/mol. The summed E-state index contributed by atoms with van der Waals surface area (Å²) in [6, 6.07) is 0.897. The molecule has 1 N–H and O–H groups in total. The van der Waals surface area contributed by atoms with Crippen LogP contribution in [0.4, 0.5) is 0 Å².